The molecule has 0 bridgehead atoms. The van der Waals surface area contributed by atoms with Crippen molar-refractivity contribution in [1.29, 1.82) is 0 Å². The first-order valence-electron chi connectivity index (χ1n) is 7.54. The van der Waals surface area contributed by atoms with Crippen LogP contribution in [0, 0.1) is 0 Å². The molecule has 0 aliphatic carbocycles. The number of anilines is 2. The molecule has 0 fully saturated rings. The average molecular weight is 333 g/mol. The molecule has 0 aliphatic rings. The Morgan fingerprint density at radius 2 is 1.44 bits per heavy atom. The van der Waals surface area contributed by atoms with Gasteiger partial charge in [0.2, 0.25) is 0 Å². The van der Waals surface area contributed by atoms with E-state index in [2.05, 4.69) is 15.6 Å². The highest BCUT2D eigenvalue weighted by molar-refractivity contribution is 6.09. The highest BCUT2D eigenvalue weighted by atomic mass is 16.3. The van der Waals surface area contributed by atoms with Crippen LogP contribution in [0.3, 0.4) is 0 Å². The highest BCUT2D eigenvalue weighted by Crippen LogP contribution is 2.23. The molecule has 6 heteroatoms. The van der Waals surface area contributed by atoms with E-state index in [-0.39, 0.29) is 17.6 Å². The molecular weight excluding hydrogens is 318 g/mol. The fourth-order valence-electron chi connectivity index (χ4n) is 2.23. The molecule has 0 unspecified atom stereocenters. The predicted octanol–water partition coefficient (Wildman–Crippen LogP) is 3.29. The number of nitrogens with zero attached hydrogens (tertiary/aromatic N) is 1. The van der Waals surface area contributed by atoms with Gasteiger partial charge < -0.3 is 15.7 Å². The minimum absolute atomic E-state index is 0.00538. The van der Waals surface area contributed by atoms with E-state index in [0.717, 1.165) is 0 Å². The zero-order chi connectivity index (χ0) is 17.6. The number of para-hydroxylation sites is 2. The largest absolute Gasteiger partial charge is 0.508 e. The average Bonchev–Trinajstić information content (AvgIpc) is 2.64. The molecular formula is C19H15N3O3. The van der Waals surface area contributed by atoms with E-state index in [1.165, 1.54) is 18.3 Å². The maximum absolute atomic E-state index is 12.3. The summed E-state index contributed by atoms with van der Waals surface area (Å²) in [6, 6.07) is 16.2. The number of aromatic nitrogens is 1. The highest BCUT2D eigenvalue weighted by Gasteiger charge is 2.12. The Labute approximate surface area is 144 Å². The number of phenols is 1. The van der Waals surface area contributed by atoms with Gasteiger partial charge in [-0.25, -0.2) is 0 Å². The lowest BCUT2D eigenvalue weighted by Gasteiger charge is -2.12. The Bertz CT molecular complexity index is 911. The third kappa shape index (κ3) is 4.00. The van der Waals surface area contributed by atoms with Crippen molar-refractivity contribution in [2.75, 3.05) is 10.6 Å². The van der Waals surface area contributed by atoms with Crippen molar-refractivity contribution in [3.63, 3.8) is 0 Å². The predicted molar refractivity (Wildman–Crippen MR) is 94.7 cm³/mol. The fourth-order valence-corrected chi connectivity index (χ4v) is 2.23. The quantitative estimate of drug-likeness (QED) is 0.683. The maximum Gasteiger partial charge on any atom is 0.257 e. The first kappa shape index (κ1) is 16.2. The van der Waals surface area contributed by atoms with Gasteiger partial charge in [-0.05, 0) is 42.5 Å². The molecule has 3 aromatic rings. The third-order valence-electron chi connectivity index (χ3n) is 3.46. The summed E-state index contributed by atoms with van der Waals surface area (Å²) < 4.78 is 0. The molecule has 6 nitrogen and oxygen atoms in total. The van der Waals surface area contributed by atoms with Crippen LogP contribution in [0.25, 0.3) is 0 Å². The van der Waals surface area contributed by atoms with E-state index in [4.69, 9.17) is 0 Å². The Morgan fingerprint density at radius 3 is 2.04 bits per heavy atom. The summed E-state index contributed by atoms with van der Waals surface area (Å²) in [6.45, 7) is 0. The van der Waals surface area contributed by atoms with Crippen molar-refractivity contribution in [3.8, 4) is 5.75 Å². The Morgan fingerprint density at radius 1 is 0.800 bits per heavy atom. The molecule has 0 atom stereocenters. The summed E-state index contributed by atoms with van der Waals surface area (Å²) in [5.41, 5.74) is 1.64. The second kappa shape index (κ2) is 7.27. The van der Waals surface area contributed by atoms with E-state index in [9.17, 15) is 14.7 Å². The van der Waals surface area contributed by atoms with Gasteiger partial charge in [0.05, 0.1) is 16.9 Å². The smallest absolute Gasteiger partial charge is 0.257 e. The standard InChI is InChI=1S/C19H15N3O3/c23-15-7-3-5-13(11-15)18(24)21-16-8-1-2-9-17(16)22-19(25)14-6-4-10-20-12-14/h1-12,23H,(H,21,24)(H,22,25). The van der Waals surface area contributed by atoms with Crippen LogP contribution in [0.4, 0.5) is 11.4 Å². The lowest BCUT2D eigenvalue weighted by atomic mass is 10.2. The Kier molecular flexibility index (Phi) is 4.71. The Hall–Kier alpha value is -3.67. The van der Waals surface area contributed by atoms with Crippen LogP contribution in [0.15, 0.2) is 73.1 Å². The molecule has 3 N–H and O–H groups in total. The van der Waals surface area contributed by atoms with Gasteiger partial charge in [0.15, 0.2) is 0 Å². The monoisotopic (exact) mass is 333 g/mol. The van der Waals surface area contributed by atoms with Crippen LogP contribution < -0.4 is 10.6 Å². The van der Waals surface area contributed by atoms with Crippen molar-refractivity contribution in [1.82, 2.24) is 4.98 Å². The number of carbonyl (C=O) groups is 2. The van der Waals surface area contributed by atoms with Crippen molar-refractivity contribution in [3.05, 3.63) is 84.2 Å². The third-order valence-corrected chi connectivity index (χ3v) is 3.46. The Balaban J connectivity index is 1.79. The number of hydrogen-bond acceptors (Lipinski definition) is 4. The van der Waals surface area contributed by atoms with Crippen LogP contribution in [-0.2, 0) is 0 Å². The molecule has 25 heavy (non-hydrogen) atoms. The first-order chi connectivity index (χ1) is 12.1. The van der Waals surface area contributed by atoms with Crippen molar-refractivity contribution in [2.24, 2.45) is 0 Å². The molecule has 0 saturated carbocycles. The number of carbonyl (C=O) groups excluding carboxylic acids is 2. The van der Waals surface area contributed by atoms with Crippen LogP contribution in [-0.4, -0.2) is 21.9 Å². The molecule has 1 aromatic heterocycles. The van der Waals surface area contributed by atoms with Crippen LogP contribution in [0.1, 0.15) is 20.7 Å². The van der Waals surface area contributed by atoms with Gasteiger partial charge in [-0.3, -0.25) is 14.6 Å². The summed E-state index contributed by atoms with van der Waals surface area (Å²) in [5.74, 6) is -0.711. The van der Waals surface area contributed by atoms with E-state index < -0.39 is 0 Å². The van der Waals surface area contributed by atoms with E-state index in [1.54, 1.807) is 54.7 Å². The number of benzene rings is 2. The minimum atomic E-state index is -0.390. The number of amides is 2. The topological polar surface area (TPSA) is 91.3 Å². The van der Waals surface area contributed by atoms with Crippen molar-refractivity contribution in [2.45, 2.75) is 0 Å². The number of aromatic hydroxyl groups is 1. The lowest BCUT2D eigenvalue weighted by Crippen LogP contribution is -2.16. The van der Waals surface area contributed by atoms with Crippen LogP contribution in [0.5, 0.6) is 5.75 Å². The van der Waals surface area contributed by atoms with Gasteiger partial charge >= 0.3 is 0 Å². The number of pyridine rings is 1. The molecule has 0 aliphatic heterocycles. The second-order valence-corrected chi connectivity index (χ2v) is 5.25. The summed E-state index contributed by atoms with van der Waals surface area (Å²) in [7, 11) is 0. The molecule has 3 rings (SSSR count). The van der Waals surface area contributed by atoms with Gasteiger partial charge in [0.25, 0.3) is 11.8 Å². The van der Waals surface area contributed by atoms with Gasteiger partial charge in [0.1, 0.15) is 5.75 Å². The second-order valence-electron chi connectivity index (χ2n) is 5.25. The summed E-state index contributed by atoms with van der Waals surface area (Å²) in [4.78, 5) is 28.5. The fraction of sp³-hybridized carbons (Fsp3) is 0. The molecule has 1 heterocycles. The SMILES string of the molecule is O=C(Nc1ccccc1NC(=O)c1cccc(O)c1)c1cccnc1. The van der Waals surface area contributed by atoms with Gasteiger partial charge in [-0.2, -0.15) is 0 Å². The maximum atomic E-state index is 12.3. The number of hydrogen-bond donors (Lipinski definition) is 3. The minimum Gasteiger partial charge on any atom is -0.508 e. The summed E-state index contributed by atoms with van der Waals surface area (Å²) >= 11 is 0. The molecule has 2 aromatic carbocycles. The van der Waals surface area contributed by atoms with E-state index >= 15 is 0 Å². The van der Waals surface area contributed by atoms with Gasteiger partial charge in [-0.15, -0.1) is 0 Å². The lowest BCUT2D eigenvalue weighted by molar-refractivity contribution is 0.101. The summed E-state index contributed by atoms with van der Waals surface area (Å²) in [6.07, 6.45) is 3.05. The first-order valence-corrected chi connectivity index (χ1v) is 7.54. The molecule has 0 saturated heterocycles. The number of nitrogens with one attached hydrogen (secondary N) is 2. The van der Waals surface area contributed by atoms with Crippen molar-refractivity contribution < 1.29 is 14.7 Å². The number of phenolic OH excluding ortho intramolecular Hbond substituents is 1. The van der Waals surface area contributed by atoms with Gasteiger partial charge in [0, 0.05) is 18.0 Å². The van der Waals surface area contributed by atoms with Crippen LogP contribution >= 0.6 is 0 Å². The number of rotatable bonds is 4. The zero-order valence-corrected chi connectivity index (χ0v) is 13.1. The molecule has 124 valence electrons. The van der Waals surface area contributed by atoms with Crippen LogP contribution in [0.2, 0.25) is 0 Å². The van der Waals surface area contributed by atoms with E-state index in [0.29, 0.717) is 22.5 Å². The normalized spacial score (nSPS) is 10.1. The summed E-state index contributed by atoms with van der Waals surface area (Å²) in [5, 5.41) is 15.0. The molecule has 2 amide bonds. The van der Waals surface area contributed by atoms with Crippen molar-refractivity contribution >= 4 is 23.2 Å². The zero-order valence-electron chi connectivity index (χ0n) is 13.1. The molecule has 0 spiro atoms. The van der Waals surface area contributed by atoms with E-state index in [1.807, 2.05) is 0 Å². The van der Waals surface area contributed by atoms with Gasteiger partial charge in [-0.1, -0.05) is 18.2 Å². The molecule has 0 radical (unpaired) electrons.